The van der Waals surface area contributed by atoms with Crippen LogP contribution in [0, 0.1) is 5.82 Å². The first-order chi connectivity index (χ1) is 9.67. The first kappa shape index (κ1) is 12.6. The maximum absolute atomic E-state index is 13.4. The van der Waals surface area contributed by atoms with Crippen LogP contribution in [0.3, 0.4) is 0 Å². The van der Waals surface area contributed by atoms with E-state index in [1.165, 1.54) is 12.1 Å². The molecule has 0 radical (unpaired) electrons. The standard InChI is InChI=1S/C15H14FN3O/c1-17-14(9-3-2-4-11(16)7-9)10-5-6-12-13(8-10)19-15(20)18-12/h2-8,14,17H,1H3,(H2,18,19,20). The summed E-state index contributed by atoms with van der Waals surface area (Å²) in [4.78, 5) is 16.7. The van der Waals surface area contributed by atoms with E-state index in [1.54, 1.807) is 6.07 Å². The van der Waals surface area contributed by atoms with E-state index < -0.39 is 0 Å². The van der Waals surface area contributed by atoms with Gasteiger partial charge in [-0.05, 0) is 42.4 Å². The molecule has 0 bridgehead atoms. The Kier molecular flexibility index (Phi) is 3.12. The fourth-order valence-electron chi connectivity index (χ4n) is 2.44. The van der Waals surface area contributed by atoms with Crippen LogP contribution < -0.4 is 11.0 Å². The molecule has 3 rings (SSSR count). The lowest BCUT2D eigenvalue weighted by atomic mass is 9.98. The van der Waals surface area contributed by atoms with Crippen molar-refractivity contribution >= 4 is 11.0 Å². The number of aromatic nitrogens is 2. The second-order valence-electron chi connectivity index (χ2n) is 4.66. The quantitative estimate of drug-likeness (QED) is 0.684. The number of benzene rings is 2. The van der Waals surface area contributed by atoms with Gasteiger partial charge in [-0.15, -0.1) is 0 Å². The monoisotopic (exact) mass is 271 g/mol. The van der Waals surface area contributed by atoms with Gasteiger partial charge in [0.2, 0.25) is 0 Å². The zero-order valence-electron chi connectivity index (χ0n) is 10.9. The van der Waals surface area contributed by atoms with Crippen molar-refractivity contribution in [3.63, 3.8) is 0 Å². The van der Waals surface area contributed by atoms with Crippen LogP contribution in [0.1, 0.15) is 17.2 Å². The second-order valence-corrected chi connectivity index (χ2v) is 4.66. The number of rotatable bonds is 3. The van der Waals surface area contributed by atoms with E-state index in [-0.39, 0.29) is 17.5 Å². The van der Waals surface area contributed by atoms with Gasteiger partial charge in [-0.3, -0.25) is 0 Å². The number of aromatic amines is 2. The Morgan fingerprint density at radius 3 is 2.55 bits per heavy atom. The largest absolute Gasteiger partial charge is 0.323 e. The van der Waals surface area contributed by atoms with E-state index in [1.807, 2.05) is 31.3 Å². The van der Waals surface area contributed by atoms with Gasteiger partial charge >= 0.3 is 5.69 Å². The molecule has 0 fully saturated rings. The number of nitrogens with one attached hydrogen (secondary N) is 3. The van der Waals surface area contributed by atoms with Gasteiger partial charge in [0.15, 0.2) is 0 Å². The second kappa shape index (κ2) is 4.94. The Labute approximate surface area is 114 Å². The van der Waals surface area contributed by atoms with Gasteiger partial charge in [0.05, 0.1) is 17.1 Å². The highest BCUT2D eigenvalue weighted by atomic mass is 19.1. The van der Waals surface area contributed by atoms with E-state index in [4.69, 9.17) is 0 Å². The van der Waals surface area contributed by atoms with Gasteiger partial charge in [-0.1, -0.05) is 18.2 Å². The normalized spacial score (nSPS) is 12.7. The summed E-state index contributed by atoms with van der Waals surface area (Å²) in [5.74, 6) is -0.265. The molecule has 0 aliphatic heterocycles. The van der Waals surface area contributed by atoms with Crippen molar-refractivity contribution in [2.45, 2.75) is 6.04 Å². The summed E-state index contributed by atoms with van der Waals surface area (Å²) in [5.41, 5.74) is 3.06. The summed E-state index contributed by atoms with van der Waals surface area (Å²) < 4.78 is 13.4. The predicted molar refractivity (Wildman–Crippen MR) is 76.2 cm³/mol. The summed E-state index contributed by atoms with van der Waals surface area (Å²) in [6.07, 6.45) is 0. The Morgan fingerprint density at radius 2 is 1.80 bits per heavy atom. The summed E-state index contributed by atoms with van der Waals surface area (Å²) in [5, 5.41) is 3.16. The molecule has 0 saturated heterocycles. The van der Waals surface area contributed by atoms with Crippen molar-refractivity contribution in [2.24, 2.45) is 0 Å². The minimum atomic E-state index is -0.265. The third kappa shape index (κ3) is 2.23. The number of imidazole rings is 1. The van der Waals surface area contributed by atoms with Crippen LogP contribution in [0.4, 0.5) is 4.39 Å². The van der Waals surface area contributed by atoms with Gasteiger partial charge in [0.1, 0.15) is 5.82 Å². The molecule has 0 aliphatic rings. The minimum Gasteiger partial charge on any atom is -0.309 e. The number of hydrogen-bond donors (Lipinski definition) is 3. The lowest BCUT2D eigenvalue weighted by molar-refractivity contribution is 0.617. The van der Waals surface area contributed by atoms with Crippen molar-refractivity contribution in [3.05, 3.63) is 69.9 Å². The summed E-state index contributed by atoms with van der Waals surface area (Å²) in [6, 6.07) is 12.0. The third-order valence-corrected chi connectivity index (χ3v) is 3.34. The van der Waals surface area contributed by atoms with E-state index in [2.05, 4.69) is 15.3 Å². The molecule has 1 aromatic heterocycles. The van der Waals surface area contributed by atoms with Crippen molar-refractivity contribution in [1.82, 2.24) is 15.3 Å². The number of fused-ring (bicyclic) bond motifs is 1. The molecule has 0 amide bonds. The number of halogens is 1. The molecular weight excluding hydrogens is 257 g/mol. The minimum absolute atomic E-state index is 0.131. The maximum Gasteiger partial charge on any atom is 0.323 e. The average Bonchev–Trinajstić information content (AvgIpc) is 2.79. The third-order valence-electron chi connectivity index (χ3n) is 3.34. The molecule has 102 valence electrons. The molecule has 4 nitrogen and oxygen atoms in total. The van der Waals surface area contributed by atoms with E-state index in [0.717, 1.165) is 22.2 Å². The highest BCUT2D eigenvalue weighted by molar-refractivity contribution is 5.75. The fraction of sp³-hybridized carbons (Fsp3) is 0.133. The number of H-pyrrole nitrogens is 2. The van der Waals surface area contributed by atoms with Gasteiger partial charge in [-0.2, -0.15) is 0 Å². The summed E-state index contributed by atoms with van der Waals surface area (Å²) in [7, 11) is 1.82. The summed E-state index contributed by atoms with van der Waals surface area (Å²) >= 11 is 0. The lowest BCUT2D eigenvalue weighted by Crippen LogP contribution is -2.17. The molecule has 1 heterocycles. The van der Waals surface area contributed by atoms with Crippen LogP contribution in [-0.4, -0.2) is 17.0 Å². The Balaban J connectivity index is 2.08. The van der Waals surface area contributed by atoms with Crippen molar-refractivity contribution in [2.75, 3.05) is 7.05 Å². The van der Waals surface area contributed by atoms with E-state index in [9.17, 15) is 9.18 Å². The van der Waals surface area contributed by atoms with Crippen molar-refractivity contribution in [3.8, 4) is 0 Å². The summed E-state index contributed by atoms with van der Waals surface area (Å²) in [6.45, 7) is 0. The molecule has 2 aromatic carbocycles. The Bertz CT molecular complexity index is 806. The van der Waals surface area contributed by atoms with Gasteiger partial charge in [0.25, 0.3) is 0 Å². The predicted octanol–water partition coefficient (Wildman–Crippen LogP) is 2.30. The molecule has 5 heteroatoms. The highest BCUT2D eigenvalue weighted by Gasteiger charge is 2.13. The van der Waals surface area contributed by atoms with E-state index >= 15 is 0 Å². The fourth-order valence-corrected chi connectivity index (χ4v) is 2.44. The van der Waals surface area contributed by atoms with Gasteiger partial charge < -0.3 is 15.3 Å². The zero-order chi connectivity index (χ0) is 14.1. The molecule has 1 atom stereocenters. The molecular formula is C15H14FN3O. The molecule has 3 N–H and O–H groups in total. The van der Waals surface area contributed by atoms with Crippen molar-refractivity contribution < 1.29 is 4.39 Å². The van der Waals surface area contributed by atoms with Crippen LogP contribution in [-0.2, 0) is 0 Å². The van der Waals surface area contributed by atoms with Crippen LogP contribution in [0.2, 0.25) is 0 Å². The molecule has 3 aromatic rings. The van der Waals surface area contributed by atoms with Crippen LogP contribution in [0.15, 0.2) is 47.3 Å². The zero-order valence-corrected chi connectivity index (χ0v) is 10.9. The highest BCUT2D eigenvalue weighted by Crippen LogP contribution is 2.24. The molecule has 1 unspecified atom stereocenters. The average molecular weight is 271 g/mol. The smallest absolute Gasteiger partial charge is 0.309 e. The topological polar surface area (TPSA) is 60.7 Å². The molecule has 0 saturated carbocycles. The first-order valence-electron chi connectivity index (χ1n) is 6.32. The number of hydrogen-bond acceptors (Lipinski definition) is 2. The van der Waals surface area contributed by atoms with Gasteiger partial charge in [0, 0.05) is 0 Å². The van der Waals surface area contributed by atoms with Crippen molar-refractivity contribution in [1.29, 1.82) is 0 Å². The molecule has 20 heavy (non-hydrogen) atoms. The molecule has 0 aliphatic carbocycles. The Morgan fingerprint density at radius 1 is 1.05 bits per heavy atom. The first-order valence-corrected chi connectivity index (χ1v) is 6.32. The van der Waals surface area contributed by atoms with Gasteiger partial charge in [-0.25, -0.2) is 9.18 Å². The molecule has 0 spiro atoms. The van der Waals surface area contributed by atoms with E-state index in [0.29, 0.717) is 0 Å². The van der Waals surface area contributed by atoms with Crippen LogP contribution in [0.25, 0.3) is 11.0 Å². The van der Waals surface area contributed by atoms with Crippen LogP contribution in [0.5, 0.6) is 0 Å². The Hall–Kier alpha value is -2.40. The van der Waals surface area contributed by atoms with Crippen LogP contribution >= 0.6 is 0 Å². The maximum atomic E-state index is 13.4. The lowest BCUT2D eigenvalue weighted by Gasteiger charge is -2.17. The SMILES string of the molecule is CNC(c1cccc(F)c1)c1ccc2[nH]c(=O)[nH]c2c1.